The van der Waals surface area contributed by atoms with Gasteiger partial charge in [-0.15, -0.1) is 0 Å². The molecule has 3 nitrogen and oxygen atoms in total. The minimum Gasteiger partial charge on any atom is -0.378 e. The van der Waals surface area contributed by atoms with Crippen molar-refractivity contribution in [3.63, 3.8) is 0 Å². The third kappa shape index (κ3) is 1.81. The Morgan fingerprint density at radius 3 is 2.75 bits per heavy atom. The van der Waals surface area contributed by atoms with Crippen LogP contribution in [0.5, 0.6) is 0 Å². The summed E-state index contributed by atoms with van der Waals surface area (Å²) in [5, 5.41) is 0. The third-order valence-electron chi connectivity index (χ3n) is 3.45. The van der Waals surface area contributed by atoms with Crippen molar-refractivity contribution in [1.82, 2.24) is 4.90 Å². The summed E-state index contributed by atoms with van der Waals surface area (Å²) in [6, 6.07) is 7.11. The molecule has 1 heterocycles. The number of rotatable bonds is 3. The average Bonchev–Trinajstić information content (AvgIpc) is 2.65. The number of hydrogen-bond donors (Lipinski definition) is 1. The van der Waals surface area contributed by atoms with Gasteiger partial charge in [0, 0.05) is 38.9 Å². The number of benzene rings is 1. The fourth-order valence-corrected chi connectivity index (χ4v) is 2.45. The van der Waals surface area contributed by atoms with Gasteiger partial charge < -0.3 is 10.6 Å². The highest BCUT2D eigenvalue weighted by molar-refractivity contribution is 5.52. The van der Waals surface area contributed by atoms with Crippen molar-refractivity contribution in [1.29, 1.82) is 0 Å². The van der Waals surface area contributed by atoms with Crippen LogP contribution in [-0.2, 0) is 6.54 Å². The molecule has 1 aromatic carbocycles. The minimum absolute atomic E-state index is 0.403. The van der Waals surface area contributed by atoms with Crippen LogP contribution in [0, 0.1) is 0 Å². The molecule has 0 radical (unpaired) electrons. The Hall–Kier alpha value is -1.06. The molecular weight excluding hydrogens is 198 g/mol. The van der Waals surface area contributed by atoms with Crippen LogP contribution in [0.15, 0.2) is 18.2 Å². The zero-order valence-corrected chi connectivity index (χ0v) is 10.4. The van der Waals surface area contributed by atoms with E-state index >= 15 is 0 Å². The second-order valence-electron chi connectivity index (χ2n) is 4.59. The average molecular weight is 219 g/mol. The SMILES string of the molecule is CCN1Cc2ccc(N(C)C)cc2C1CN. The maximum Gasteiger partial charge on any atom is 0.0477 e. The summed E-state index contributed by atoms with van der Waals surface area (Å²) >= 11 is 0. The van der Waals surface area contributed by atoms with E-state index in [0.29, 0.717) is 12.6 Å². The number of nitrogens with zero attached hydrogens (tertiary/aromatic N) is 2. The van der Waals surface area contributed by atoms with E-state index in [1.54, 1.807) is 0 Å². The summed E-state index contributed by atoms with van der Waals surface area (Å²) in [7, 11) is 4.15. The fraction of sp³-hybridized carbons (Fsp3) is 0.538. The van der Waals surface area contributed by atoms with Crippen molar-refractivity contribution >= 4 is 5.69 Å². The Balaban J connectivity index is 2.37. The van der Waals surface area contributed by atoms with Gasteiger partial charge >= 0.3 is 0 Å². The zero-order valence-electron chi connectivity index (χ0n) is 10.4. The van der Waals surface area contributed by atoms with E-state index in [1.807, 2.05) is 0 Å². The first kappa shape index (κ1) is 11.4. The molecule has 1 aliphatic rings. The molecule has 0 saturated heterocycles. The van der Waals surface area contributed by atoms with Gasteiger partial charge in [0.1, 0.15) is 0 Å². The summed E-state index contributed by atoms with van der Waals surface area (Å²) in [4.78, 5) is 4.58. The van der Waals surface area contributed by atoms with Gasteiger partial charge in [-0.1, -0.05) is 13.0 Å². The molecule has 0 amide bonds. The summed E-state index contributed by atoms with van der Waals surface area (Å²) in [5.74, 6) is 0. The smallest absolute Gasteiger partial charge is 0.0477 e. The van der Waals surface area contributed by atoms with Gasteiger partial charge in [-0.25, -0.2) is 0 Å². The molecule has 2 N–H and O–H groups in total. The maximum absolute atomic E-state index is 5.89. The van der Waals surface area contributed by atoms with Crippen molar-refractivity contribution in [3.05, 3.63) is 29.3 Å². The van der Waals surface area contributed by atoms with E-state index in [9.17, 15) is 0 Å². The lowest BCUT2D eigenvalue weighted by atomic mass is 10.0. The number of likely N-dealkylation sites (N-methyl/N-ethyl adjacent to an activating group) is 1. The van der Waals surface area contributed by atoms with Crippen LogP contribution < -0.4 is 10.6 Å². The van der Waals surface area contributed by atoms with Crippen LogP contribution in [0.2, 0.25) is 0 Å². The Kier molecular flexibility index (Phi) is 3.17. The van der Waals surface area contributed by atoms with Gasteiger partial charge in [0.25, 0.3) is 0 Å². The van der Waals surface area contributed by atoms with Crippen LogP contribution in [0.4, 0.5) is 5.69 Å². The Morgan fingerprint density at radius 1 is 1.44 bits per heavy atom. The molecule has 88 valence electrons. The van der Waals surface area contributed by atoms with Crippen molar-refractivity contribution in [2.75, 3.05) is 32.1 Å². The second-order valence-corrected chi connectivity index (χ2v) is 4.59. The van der Waals surface area contributed by atoms with E-state index in [0.717, 1.165) is 13.1 Å². The van der Waals surface area contributed by atoms with Crippen LogP contribution >= 0.6 is 0 Å². The highest BCUT2D eigenvalue weighted by Crippen LogP contribution is 2.34. The number of hydrogen-bond acceptors (Lipinski definition) is 3. The molecule has 0 fully saturated rings. The van der Waals surface area contributed by atoms with Gasteiger partial charge in [-0.2, -0.15) is 0 Å². The molecule has 1 unspecified atom stereocenters. The molecule has 1 aromatic rings. The number of nitrogens with two attached hydrogens (primary N) is 1. The Bertz CT molecular complexity index is 373. The minimum atomic E-state index is 0.403. The zero-order chi connectivity index (χ0) is 11.7. The van der Waals surface area contributed by atoms with Gasteiger partial charge in [0.15, 0.2) is 0 Å². The monoisotopic (exact) mass is 219 g/mol. The highest BCUT2D eigenvalue weighted by Gasteiger charge is 2.27. The molecule has 0 spiro atoms. The predicted molar refractivity (Wildman–Crippen MR) is 68.6 cm³/mol. The van der Waals surface area contributed by atoms with Crippen LogP contribution in [0.3, 0.4) is 0 Å². The molecule has 1 aliphatic heterocycles. The summed E-state index contributed by atoms with van der Waals surface area (Å²) in [6.45, 7) is 5.01. The lowest BCUT2D eigenvalue weighted by Crippen LogP contribution is -2.27. The normalized spacial score (nSPS) is 19.9. The molecule has 0 aliphatic carbocycles. The first-order valence-electron chi connectivity index (χ1n) is 5.91. The van der Waals surface area contributed by atoms with E-state index in [2.05, 4.69) is 49.0 Å². The highest BCUT2D eigenvalue weighted by atomic mass is 15.2. The summed E-state index contributed by atoms with van der Waals surface area (Å²) in [5.41, 5.74) is 9.99. The van der Waals surface area contributed by atoms with Crippen molar-refractivity contribution in [2.24, 2.45) is 5.73 Å². The molecule has 0 aromatic heterocycles. The summed E-state index contributed by atoms with van der Waals surface area (Å²) in [6.07, 6.45) is 0. The third-order valence-corrected chi connectivity index (χ3v) is 3.45. The topological polar surface area (TPSA) is 32.5 Å². The predicted octanol–water partition coefficient (Wildman–Crippen LogP) is 1.59. The van der Waals surface area contributed by atoms with Gasteiger partial charge in [0.05, 0.1) is 0 Å². The van der Waals surface area contributed by atoms with Crippen molar-refractivity contribution in [3.8, 4) is 0 Å². The van der Waals surface area contributed by atoms with Gasteiger partial charge in [0.2, 0.25) is 0 Å². The fourth-order valence-electron chi connectivity index (χ4n) is 2.45. The van der Waals surface area contributed by atoms with E-state index < -0.39 is 0 Å². The van der Waals surface area contributed by atoms with E-state index in [1.165, 1.54) is 16.8 Å². The second kappa shape index (κ2) is 4.44. The first-order valence-corrected chi connectivity index (χ1v) is 5.91. The Labute approximate surface area is 97.8 Å². The van der Waals surface area contributed by atoms with Gasteiger partial charge in [-0.3, -0.25) is 4.90 Å². The van der Waals surface area contributed by atoms with Crippen LogP contribution in [-0.4, -0.2) is 32.1 Å². The molecule has 0 saturated carbocycles. The van der Waals surface area contributed by atoms with Crippen LogP contribution in [0.1, 0.15) is 24.1 Å². The summed E-state index contributed by atoms with van der Waals surface area (Å²) < 4.78 is 0. The van der Waals surface area contributed by atoms with E-state index in [4.69, 9.17) is 5.73 Å². The quantitative estimate of drug-likeness (QED) is 0.838. The molecule has 16 heavy (non-hydrogen) atoms. The molecule has 3 heteroatoms. The first-order chi connectivity index (χ1) is 7.67. The van der Waals surface area contributed by atoms with E-state index in [-0.39, 0.29) is 0 Å². The molecule has 0 bridgehead atoms. The van der Waals surface area contributed by atoms with Crippen LogP contribution in [0.25, 0.3) is 0 Å². The molecular formula is C13H21N3. The Morgan fingerprint density at radius 2 is 2.19 bits per heavy atom. The maximum atomic E-state index is 5.89. The van der Waals surface area contributed by atoms with Gasteiger partial charge in [-0.05, 0) is 29.8 Å². The lowest BCUT2D eigenvalue weighted by Gasteiger charge is -2.22. The largest absolute Gasteiger partial charge is 0.378 e. The number of anilines is 1. The number of fused-ring (bicyclic) bond motifs is 1. The van der Waals surface area contributed by atoms with Crippen molar-refractivity contribution in [2.45, 2.75) is 19.5 Å². The standard InChI is InChI=1S/C13H21N3/c1-4-16-9-10-5-6-11(15(2)3)7-12(10)13(16)8-14/h5-7,13H,4,8-9,14H2,1-3H3. The lowest BCUT2D eigenvalue weighted by molar-refractivity contribution is 0.232. The molecule has 1 atom stereocenters. The van der Waals surface area contributed by atoms with Crippen molar-refractivity contribution < 1.29 is 0 Å². The molecule has 2 rings (SSSR count).